The SMILES string of the molecule is CC1CCCCN1c1cc(N2CCCCC2)nc(NC(=S)NCc2ccc3c(c2)OCCO3)n1. The molecule has 5 rings (SSSR count). The van der Waals surface area contributed by atoms with Crippen molar-refractivity contribution in [1.82, 2.24) is 15.3 Å². The summed E-state index contributed by atoms with van der Waals surface area (Å²) in [5, 5.41) is 7.02. The standard InChI is InChI=1S/C25H34N6O2S/c1-18-7-3-6-12-31(18)23-16-22(30-10-4-2-5-11-30)27-24(28-23)29-25(34)26-17-19-8-9-20-21(15-19)33-14-13-32-20/h8-9,15-16,18H,2-7,10-14,17H2,1H3,(H2,26,27,28,29,34). The van der Waals surface area contributed by atoms with Gasteiger partial charge in [0.25, 0.3) is 0 Å². The molecule has 0 radical (unpaired) electrons. The third-order valence-corrected chi connectivity index (χ3v) is 7.01. The van der Waals surface area contributed by atoms with Crippen molar-refractivity contribution in [3.8, 4) is 11.5 Å². The third kappa shape index (κ3) is 5.46. The van der Waals surface area contributed by atoms with Gasteiger partial charge < -0.3 is 29.9 Å². The molecule has 2 aromatic rings. The highest BCUT2D eigenvalue weighted by Gasteiger charge is 2.23. The third-order valence-electron chi connectivity index (χ3n) is 6.76. The lowest BCUT2D eigenvalue weighted by atomic mass is 10.0. The molecule has 1 atom stereocenters. The first-order valence-electron chi connectivity index (χ1n) is 12.5. The van der Waals surface area contributed by atoms with E-state index in [4.69, 9.17) is 31.7 Å². The van der Waals surface area contributed by atoms with E-state index >= 15 is 0 Å². The molecule has 182 valence electrons. The second-order valence-corrected chi connectivity index (χ2v) is 9.69. The Morgan fingerprint density at radius 3 is 2.56 bits per heavy atom. The average molecular weight is 483 g/mol. The second-order valence-electron chi connectivity index (χ2n) is 9.28. The van der Waals surface area contributed by atoms with Crippen molar-refractivity contribution in [2.75, 3.05) is 48.0 Å². The fourth-order valence-electron chi connectivity index (χ4n) is 4.87. The van der Waals surface area contributed by atoms with E-state index in [1.807, 2.05) is 18.2 Å². The van der Waals surface area contributed by atoms with E-state index in [1.54, 1.807) is 0 Å². The van der Waals surface area contributed by atoms with Crippen LogP contribution in [0.5, 0.6) is 11.5 Å². The van der Waals surface area contributed by atoms with Gasteiger partial charge in [-0.15, -0.1) is 0 Å². The summed E-state index contributed by atoms with van der Waals surface area (Å²) in [7, 11) is 0. The smallest absolute Gasteiger partial charge is 0.232 e. The monoisotopic (exact) mass is 482 g/mol. The molecule has 1 aromatic carbocycles. The van der Waals surface area contributed by atoms with Gasteiger partial charge in [0.15, 0.2) is 16.6 Å². The Balaban J connectivity index is 1.29. The number of rotatable bonds is 5. The van der Waals surface area contributed by atoms with Crippen LogP contribution < -0.4 is 29.9 Å². The summed E-state index contributed by atoms with van der Waals surface area (Å²) >= 11 is 5.59. The zero-order chi connectivity index (χ0) is 23.3. The predicted octanol–water partition coefficient (Wildman–Crippen LogP) is 4.10. The maximum absolute atomic E-state index is 5.69. The Labute approximate surface area is 207 Å². The highest BCUT2D eigenvalue weighted by molar-refractivity contribution is 7.80. The van der Waals surface area contributed by atoms with Gasteiger partial charge in [-0.2, -0.15) is 9.97 Å². The molecule has 1 unspecified atom stereocenters. The molecule has 0 saturated carbocycles. The van der Waals surface area contributed by atoms with Gasteiger partial charge in [0.2, 0.25) is 5.95 Å². The molecule has 8 nitrogen and oxygen atoms in total. The number of piperidine rings is 2. The van der Waals surface area contributed by atoms with Crippen LogP contribution in [0.1, 0.15) is 51.0 Å². The first kappa shape index (κ1) is 23.0. The van der Waals surface area contributed by atoms with Crippen LogP contribution >= 0.6 is 12.2 Å². The minimum atomic E-state index is 0.478. The first-order valence-corrected chi connectivity index (χ1v) is 12.9. The van der Waals surface area contributed by atoms with Crippen LogP contribution in [0, 0.1) is 0 Å². The van der Waals surface area contributed by atoms with Gasteiger partial charge in [-0.05, 0) is 75.4 Å². The van der Waals surface area contributed by atoms with Crippen molar-refractivity contribution in [3.05, 3.63) is 29.8 Å². The molecule has 4 heterocycles. The van der Waals surface area contributed by atoms with Crippen molar-refractivity contribution in [2.24, 2.45) is 0 Å². The lowest BCUT2D eigenvalue weighted by molar-refractivity contribution is 0.171. The zero-order valence-electron chi connectivity index (χ0n) is 19.9. The number of ether oxygens (including phenoxy) is 2. The van der Waals surface area contributed by atoms with Crippen LogP contribution in [0.25, 0.3) is 0 Å². The largest absolute Gasteiger partial charge is 0.486 e. The molecule has 3 aliphatic rings. The molecule has 2 fully saturated rings. The quantitative estimate of drug-likeness (QED) is 0.613. The van der Waals surface area contributed by atoms with Crippen LogP contribution in [0.2, 0.25) is 0 Å². The maximum Gasteiger partial charge on any atom is 0.232 e. The molecule has 0 spiro atoms. The summed E-state index contributed by atoms with van der Waals surface area (Å²) in [4.78, 5) is 14.5. The summed E-state index contributed by atoms with van der Waals surface area (Å²) in [6.45, 7) is 7.14. The van der Waals surface area contributed by atoms with Gasteiger partial charge in [0.05, 0.1) is 0 Å². The van der Waals surface area contributed by atoms with Crippen LogP contribution in [0.15, 0.2) is 24.3 Å². The summed E-state index contributed by atoms with van der Waals surface area (Å²) in [5.41, 5.74) is 1.07. The Kier molecular flexibility index (Phi) is 7.18. The van der Waals surface area contributed by atoms with E-state index < -0.39 is 0 Å². The minimum Gasteiger partial charge on any atom is -0.486 e. The van der Waals surface area contributed by atoms with Crippen LogP contribution in [0.4, 0.5) is 17.6 Å². The average Bonchev–Trinajstić information content (AvgIpc) is 2.88. The van der Waals surface area contributed by atoms with Gasteiger partial charge in [-0.1, -0.05) is 6.07 Å². The molecule has 2 saturated heterocycles. The summed E-state index contributed by atoms with van der Waals surface area (Å²) in [5.74, 6) is 4.09. The topological polar surface area (TPSA) is 74.8 Å². The number of benzene rings is 1. The van der Waals surface area contributed by atoms with Crippen molar-refractivity contribution >= 4 is 34.9 Å². The van der Waals surface area contributed by atoms with E-state index in [1.165, 1.54) is 38.5 Å². The summed E-state index contributed by atoms with van der Waals surface area (Å²) in [6, 6.07) is 8.59. The molecule has 0 bridgehead atoms. The Hall–Kier alpha value is -2.81. The Bertz CT molecular complexity index is 1010. The summed E-state index contributed by atoms with van der Waals surface area (Å²) in [6.07, 6.45) is 7.37. The van der Waals surface area contributed by atoms with Crippen molar-refractivity contribution in [2.45, 2.75) is 58.0 Å². The molecular formula is C25H34N6O2S. The van der Waals surface area contributed by atoms with Crippen molar-refractivity contribution in [1.29, 1.82) is 0 Å². The van der Waals surface area contributed by atoms with Crippen molar-refractivity contribution in [3.63, 3.8) is 0 Å². The van der Waals surface area contributed by atoms with Crippen LogP contribution in [-0.2, 0) is 6.54 Å². The molecule has 9 heteroatoms. The number of fused-ring (bicyclic) bond motifs is 1. The Morgan fingerprint density at radius 2 is 1.74 bits per heavy atom. The lowest BCUT2D eigenvalue weighted by Gasteiger charge is -2.35. The van der Waals surface area contributed by atoms with Crippen molar-refractivity contribution < 1.29 is 9.47 Å². The van der Waals surface area contributed by atoms with Crippen LogP contribution in [0.3, 0.4) is 0 Å². The minimum absolute atomic E-state index is 0.478. The molecule has 0 aliphatic carbocycles. The number of hydrogen-bond acceptors (Lipinski definition) is 7. The molecule has 0 amide bonds. The van der Waals surface area contributed by atoms with Gasteiger partial charge in [0, 0.05) is 38.3 Å². The van der Waals surface area contributed by atoms with E-state index in [2.05, 4.69) is 33.4 Å². The van der Waals surface area contributed by atoms with Gasteiger partial charge in [0.1, 0.15) is 24.8 Å². The lowest BCUT2D eigenvalue weighted by Crippen LogP contribution is -2.39. The second kappa shape index (κ2) is 10.6. The van der Waals surface area contributed by atoms with E-state index in [0.717, 1.165) is 48.3 Å². The number of anilines is 3. The van der Waals surface area contributed by atoms with E-state index in [0.29, 0.717) is 36.9 Å². The predicted molar refractivity (Wildman–Crippen MR) is 139 cm³/mol. The first-order chi connectivity index (χ1) is 16.7. The van der Waals surface area contributed by atoms with Gasteiger partial charge in [-0.3, -0.25) is 0 Å². The Morgan fingerprint density at radius 1 is 0.971 bits per heavy atom. The number of hydrogen-bond donors (Lipinski definition) is 2. The number of thiocarbonyl (C=S) groups is 1. The van der Waals surface area contributed by atoms with Crippen LogP contribution in [-0.4, -0.2) is 54.0 Å². The highest BCUT2D eigenvalue weighted by Crippen LogP contribution is 2.31. The normalized spacial score (nSPS) is 20.1. The number of nitrogens with one attached hydrogen (secondary N) is 2. The maximum atomic E-state index is 5.69. The molecule has 2 N–H and O–H groups in total. The van der Waals surface area contributed by atoms with Gasteiger partial charge in [-0.25, -0.2) is 0 Å². The summed E-state index contributed by atoms with van der Waals surface area (Å²) < 4.78 is 11.3. The molecule has 1 aromatic heterocycles. The molecular weight excluding hydrogens is 448 g/mol. The van der Waals surface area contributed by atoms with Gasteiger partial charge >= 0.3 is 0 Å². The fraction of sp³-hybridized carbons (Fsp3) is 0.560. The molecule has 3 aliphatic heterocycles. The van der Waals surface area contributed by atoms with E-state index in [-0.39, 0.29) is 0 Å². The number of aromatic nitrogens is 2. The highest BCUT2D eigenvalue weighted by atomic mass is 32.1. The fourth-order valence-corrected chi connectivity index (χ4v) is 5.04. The number of nitrogens with zero attached hydrogens (tertiary/aromatic N) is 4. The molecule has 34 heavy (non-hydrogen) atoms. The zero-order valence-corrected chi connectivity index (χ0v) is 20.7. The van der Waals surface area contributed by atoms with E-state index in [9.17, 15) is 0 Å².